The number of fused-ring (bicyclic) bond motifs is 2. The molecule has 0 atom stereocenters. The second kappa shape index (κ2) is 6.60. The van der Waals surface area contributed by atoms with Crippen LogP contribution in [0, 0.1) is 6.92 Å². The molecule has 0 unspecified atom stereocenters. The highest BCUT2D eigenvalue weighted by Crippen LogP contribution is 2.33. The summed E-state index contributed by atoms with van der Waals surface area (Å²) in [6, 6.07) is 6.29. The van der Waals surface area contributed by atoms with Gasteiger partial charge < -0.3 is 16.0 Å². The first-order valence-corrected chi connectivity index (χ1v) is 10.2. The maximum Gasteiger partial charge on any atom is 0.169 e. The van der Waals surface area contributed by atoms with Crippen molar-refractivity contribution in [2.75, 3.05) is 0 Å². The van der Waals surface area contributed by atoms with E-state index in [2.05, 4.69) is 21.5 Å². The number of pyridine rings is 1. The molecule has 8 nitrogen and oxygen atoms in total. The molecule has 4 aromatic heterocycles. The quantitative estimate of drug-likeness (QED) is 0.556. The first-order chi connectivity index (χ1) is 14.0. The standard InChI is InChI=1S/C21H26N8/c1-3-28-13(2)25-17-5-4-16(26-19(17)28)15-8-11-29-18(15)12-24-20(27-29)21(23)9-6-14(22)7-10-21/h4-5,8,11-12,14H,3,6-7,9-10,22-23H2,1-2H3. The van der Waals surface area contributed by atoms with E-state index in [1.807, 2.05) is 42.0 Å². The summed E-state index contributed by atoms with van der Waals surface area (Å²) in [5.74, 6) is 1.66. The van der Waals surface area contributed by atoms with Crippen molar-refractivity contribution < 1.29 is 0 Å². The van der Waals surface area contributed by atoms with Crippen LogP contribution < -0.4 is 11.5 Å². The Morgan fingerprint density at radius 2 is 1.97 bits per heavy atom. The van der Waals surface area contributed by atoms with Gasteiger partial charge in [-0.3, -0.25) is 0 Å². The molecule has 8 heteroatoms. The van der Waals surface area contributed by atoms with Crippen molar-refractivity contribution in [3.8, 4) is 11.3 Å². The van der Waals surface area contributed by atoms with Crippen LogP contribution in [0.5, 0.6) is 0 Å². The third-order valence-electron chi connectivity index (χ3n) is 6.16. The van der Waals surface area contributed by atoms with Crippen molar-refractivity contribution >= 4 is 16.7 Å². The molecule has 0 aromatic carbocycles. The third kappa shape index (κ3) is 2.90. The zero-order valence-corrected chi connectivity index (χ0v) is 16.8. The van der Waals surface area contributed by atoms with E-state index in [4.69, 9.17) is 21.5 Å². The number of rotatable bonds is 3. The van der Waals surface area contributed by atoms with Crippen LogP contribution in [0.4, 0.5) is 0 Å². The molecule has 5 rings (SSSR count). The maximum absolute atomic E-state index is 6.63. The molecule has 29 heavy (non-hydrogen) atoms. The van der Waals surface area contributed by atoms with E-state index in [0.29, 0.717) is 5.82 Å². The van der Waals surface area contributed by atoms with Crippen LogP contribution in [-0.4, -0.2) is 35.2 Å². The fourth-order valence-electron chi connectivity index (χ4n) is 4.37. The molecular formula is C21H26N8. The first-order valence-electron chi connectivity index (χ1n) is 10.2. The fourth-order valence-corrected chi connectivity index (χ4v) is 4.37. The molecule has 1 aliphatic carbocycles. The van der Waals surface area contributed by atoms with Crippen molar-refractivity contribution in [2.24, 2.45) is 11.5 Å². The van der Waals surface area contributed by atoms with E-state index in [-0.39, 0.29) is 6.04 Å². The van der Waals surface area contributed by atoms with Gasteiger partial charge in [-0.15, -0.1) is 0 Å². The molecule has 4 heterocycles. The molecule has 1 fully saturated rings. The lowest BCUT2D eigenvalue weighted by molar-refractivity contribution is 0.262. The van der Waals surface area contributed by atoms with Gasteiger partial charge in [-0.05, 0) is 57.7 Å². The Balaban J connectivity index is 1.56. The Kier molecular flexibility index (Phi) is 4.15. The number of nitrogens with zero attached hydrogens (tertiary/aromatic N) is 6. The average molecular weight is 390 g/mol. The van der Waals surface area contributed by atoms with E-state index in [1.54, 1.807) is 0 Å². The van der Waals surface area contributed by atoms with Crippen LogP contribution in [0.2, 0.25) is 0 Å². The monoisotopic (exact) mass is 390 g/mol. The summed E-state index contributed by atoms with van der Waals surface area (Å²) in [4.78, 5) is 14.1. The zero-order valence-electron chi connectivity index (χ0n) is 16.8. The summed E-state index contributed by atoms with van der Waals surface area (Å²) in [6.45, 7) is 4.95. The molecular weight excluding hydrogens is 364 g/mol. The predicted octanol–water partition coefficient (Wildman–Crippen LogP) is 2.52. The SMILES string of the molecule is CCn1c(C)nc2ccc(-c3ccn4nc(C5(N)CCC(N)CC5)ncc34)nc21. The molecule has 0 aliphatic heterocycles. The van der Waals surface area contributed by atoms with Gasteiger partial charge in [0.25, 0.3) is 0 Å². The van der Waals surface area contributed by atoms with Crippen molar-refractivity contribution in [2.45, 2.75) is 57.7 Å². The van der Waals surface area contributed by atoms with Gasteiger partial charge in [0.15, 0.2) is 11.5 Å². The smallest absolute Gasteiger partial charge is 0.169 e. The van der Waals surface area contributed by atoms with Gasteiger partial charge >= 0.3 is 0 Å². The molecule has 1 saturated carbocycles. The van der Waals surface area contributed by atoms with Gasteiger partial charge in [0.05, 0.1) is 22.9 Å². The molecule has 150 valence electrons. The van der Waals surface area contributed by atoms with E-state index in [1.165, 1.54) is 0 Å². The Labute approximate surface area is 169 Å². The Morgan fingerprint density at radius 3 is 2.72 bits per heavy atom. The van der Waals surface area contributed by atoms with Crippen LogP contribution in [-0.2, 0) is 12.1 Å². The Morgan fingerprint density at radius 1 is 1.17 bits per heavy atom. The normalized spacial score (nSPS) is 22.6. The molecule has 1 aliphatic rings. The summed E-state index contributed by atoms with van der Waals surface area (Å²) in [6.07, 6.45) is 7.24. The zero-order chi connectivity index (χ0) is 20.2. The highest BCUT2D eigenvalue weighted by atomic mass is 15.3. The highest BCUT2D eigenvalue weighted by Gasteiger charge is 2.35. The van der Waals surface area contributed by atoms with Crippen molar-refractivity contribution in [1.29, 1.82) is 0 Å². The summed E-state index contributed by atoms with van der Waals surface area (Å²) in [5, 5.41) is 4.74. The van der Waals surface area contributed by atoms with Gasteiger partial charge in [0, 0.05) is 24.3 Å². The van der Waals surface area contributed by atoms with Crippen molar-refractivity contribution in [1.82, 2.24) is 29.1 Å². The van der Waals surface area contributed by atoms with Gasteiger partial charge in [0.2, 0.25) is 0 Å². The molecule has 4 N–H and O–H groups in total. The Bertz CT molecular complexity index is 1200. The van der Waals surface area contributed by atoms with Crippen molar-refractivity contribution in [3.05, 3.63) is 42.2 Å². The lowest BCUT2D eigenvalue weighted by atomic mass is 9.80. The third-order valence-corrected chi connectivity index (χ3v) is 6.16. The molecule has 0 bridgehead atoms. The molecule has 0 amide bonds. The predicted molar refractivity (Wildman–Crippen MR) is 112 cm³/mol. The minimum Gasteiger partial charge on any atom is -0.328 e. The fraction of sp³-hybridized carbons (Fsp3) is 0.429. The number of imidazole rings is 1. The van der Waals surface area contributed by atoms with Crippen LogP contribution >= 0.6 is 0 Å². The number of hydrogen-bond donors (Lipinski definition) is 2. The number of aromatic nitrogens is 6. The molecule has 4 aromatic rings. The lowest BCUT2D eigenvalue weighted by Crippen LogP contribution is -2.45. The van der Waals surface area contributed by atoms with Crippen LogP contribution in [0.25, 0.3) is 27.9 Å². The second-order valence-corrected chi connectivity index (χ2v) is 8.08. The van der Waals surface area contributed by atoms with E-state index in [0.717, 1.165) is 66.0 Å². The summed E-state index contributed by atoms with van der Waals surface area (Å²) in [7, 11) is 0. The maximum atomic E-state index is 6.63. The first kappa shape index (κ1) is 18.2. The van der Waals surface area contributed by atoms with E-state index in [9.17, 15) is 0 Å². The van der Waals surface area contributed by atoms with Crippen LogP contribution in [0.1, 0.15) is 44.3 Å². The molecule has 0 radical (unpaired) electrons. The number of nitrogens with two attached hydrogens (primary N) is 2. The summed E-state index contributed by atoms with van der Waals surface area (Å²) in [5.41, 5.74) is 16.8. The minimum atomic E-state index is -0.503. The Hall–Kier alpha value is -2.84. The largest absolute Gasteiger partial charge is 0.328 e. The van der Waals surface area contributed by atoms with Crippen LogP contribution in [0.15, 0.2) is 30.6 Å². The number of aryl methyl sites for hydroxylation is 2. The molecule has 0 saturated heterocycles. The topological polar surface area (TPSA) is 113 Å². The van der Waals surface area contributed by atoms with E-state index >= 15 is 0 Å². The average Bonchev–Trinajstić information content (AvgIpc) is 3.29. The van der Waals surface area contributed by atoms with Crippen LogP contribution in [0.3, 0.4) is 0 Å². The molecule has 0 spiro atoms. The minimum absolute atomic E-state index is 0.231. The van der Waals surface area contributed by atoms with Gasteiger partial charge in [0.1, 0.15) is 11.3 Å². The summed E-state index contributed by atoms with van der Waals surface area (Å²) < 4.78 is 3.98. The summed E-state index contributed by atoms with van der Waals surface area (Å²) >= 11 is 0. The van der Waals surface area contributed by atoms with E-state index < -0.39 is 5.54 Å². The van der Waals surface area contributed by atoms with Crippen molar-refractivity contribution in [3.63, 3.8) is 0 Å². The van der Waals surface area contributed by atoms with Gasteiger partial charge in [-0.25, -0.2) is 19.5 Å². The number of hydrogen-bond acceptors (Lipinski definition) is 6. The van der Waals surface area contributed by atoms with Gasteiger partial charge in [-0.1, -0.05) is 0 Å². The van der Waals surface area contributed by atoms with Gasteiger partial charge in [-0.2, -0.15) is 5.10 Å². The second-order valence-electron chi connectivity index (χ2n) is 8.08. The highest BCUT2D eigenvalue weighted by molar-refractivity contribution is 5.82. The lowest BCUT2D eigenvalue weighted by Gasteiger charge is -2.34.